The lowest BCUT2D eigenvalue weighted by Crippen LogP contribution is -2.58. The van der Waals surface area contributed by atoms with E-state index in [9.17, 15) is 9.59 Å². The Hall–Kier alpha value is -3.00. The molecule has 0 unspecified atom stereocenters. The quantitative estimate of drug-likeness (QED) is 0.690. The van der Waals surface area contributed by atoms with Crippen molar-refractivity contribution in [2.45, 2.75) is 38.3 Å². The topological polar surface area (TPSA) is 87.0 Å². The molecule has 1 aliphatic heterocycles. The fourth-order valence-electron chi connectivity index (χ4n) is 4.72. The number of nitrogens with one attached hydrogen (secondary N) is 2. The van der Waals surface area contributed by atoms with Crippen LogP contribution in [0.25, 0.3) is 0 Å². The van der Waals surface area contributed by atoms with Crippen LogP contribution in [0.2, 0.25) is 0 Å². The number of hydrogen-bond acceptors (Lipinski definition) is 5. The number of carbonyl (C=O) groups excluding carboxylic acids is 2. The van der Waals surface area contributed by atoms with Crippen molar-refractivity contribution in [3.63, 3.8) is 0 Å². The SMILES string of the molecule is COc1ccc(NC(=O)N2CCN([C@@H](C(=O)NCc3ccco3)C3CCCC3)CC2)cc1. The highest BCUT2D eigenvalue weighted by Gasteiger charge is 2.37. The number of piperazine rings is 1. The van der Waals surface area contributed by atoms with Crippen LogP contribution < -0.4 is 15.4 Å². The van der Waals surface area contributed by atoms with Gasteiger partial charge in [0, 0.05) is 31.9 Å². The average Bonchev–Trinajstić information content (AvgIpc) is 3.53. The summed E-state index contributed by atoms with van der Waals surface area (Å²) in [5.41, 5.74) is 0.736. The Kier molecular flexibility index (Phi) is 7.32. The molecule has 4 rings (SSSR count). The summed E-state index contributed by atoms with van der Waals surface area (Å²) in [6.45, 7) is 2.96. The highest BCUT2D eigenvalue weighted by molar-refractivity contribution is 5.89. The molecule has 2 aliphatic rings. The molecule has 2 heterocycles. The zero-order valence-electron chi connectivity index (χ0n) is 18.6. The molecule has 0 spiro atoms. The van der Waals surface area contributed by atoms with E-state index in [1.807, 2.05) is 41.3 Å². The van der Waals surface area contributed by atoms with E-state index < -0.39 is 0 Å². The van der Waals surface area contributed by atoms with Gasteiger partial charge in [-0.1, -0.05) is 12.8 Å². The van der Waals surface area contributed by atoms with Crippen molar-refractivity contribution < 1.29 is 18.7 Å². The molecular formula is C24H32N4O4. The van der Waals surface area contributed by atoms with Gasteiger partial charge in [-0.25, -0.2) is 4.79 Å². The first-order chi connectivity index (χ1) is 15.6. The van der Waals surface area contributed by atoms with E-state index in [0.717, 1.165) is 30.0 Å². The summed E-state index contributed by atoms with van der Waals surface area (Å²) >= 11 is 0. The lowest BCUT2D eigenvalue weighted by Gasteiger charge is -2.40. The van der Waals surface area contributed by atoms with E-state index >= 15 is 0 Å². The van der Waals surface area contributed by atoms with Crippen LogP contribution in [0.1, 0.15) is 31.4 Å². The fraction of sp³-hybridized carbons (Fsp3) is 0.500. The van der Waals surface area contributed by atoms with E-state index in [1.54, 1.807) is 13.4 Å². The molecule has 1 atom stereocenters. The molecule has 2 fully saturated rings. The van der Waals surface area contributed by atoms with Crippen LogP contribution in [0.3, 0.4) is 0 Å². The number of ether oxygens (including phenoxy) is 1. The van der Waals surface area contributed by atoms with Crippen molar-refractivity contribution in [2.24, 2.45) is 5.92 Å². The molecule has 2 aromatic rings. The number of methoxy groups -OCH3 is 1. The second kappa shape index (κ2) is 10.5. The monoisotopic (exact) mass is 440 g/mol. The van der Waals surface area contributed by atoms with E-state index in [-0.39, 0.29) is 18.0 Å². The summed E-state index contributed by atoms with van der Waals surface area (Å²) in [7, 11) is 1.61. The van der Waals surface area contributed by atoms with Crippen LogP contribution in [0, 0.1) is 5.92 Å². The lowest BCUT2D eigenvalue weighted by atomic mass is 9.95. The summed E-state index contributed by atoms with van der Waals surface area (Å²) in [4.78, 5) is 29.9. The Morgan fingerprint density at radius 3 is 2.44 bits per heavy atom. The minimum Gasteiger partial charge on any atom is -0.497 e. The van der Waals surface area contributed by atoms with Crippen molar-refractivity contribution in [1.82, 2.24) is 15.1 Å². The minimum atomic E-state index is -0.153. The van der Waals surface area contributed by atoms with Gasteiger partial charge in [-0.05, 0) is 55.2 Å². The van der Waals surface area contributed by atoms with Crippen molar-refractivity contribution in [3.05, 3.63) is 48.4 Å². The highest BCUT2D eigenvalue weighted by atomic mass is 16.5. The fourth-order valence-corrected chi connectivity index (χ4v) is 4.72. The zero-order chi connectivity index (χ0) is 22.3. The van der Waals surface area contributed by atoms with Gasteiger partial charge >= 0.3 is 6.03 Å². The van der Waals surface area contributed by atoms with Crippen LogP contribution >= 0.6 is 0 Å². The summed E-state index contributed by atoms with van der Waals surface area (Å²) in [6.07, 6.45) is 6.13. The van der Waals surface area contributed by atoms with Gasteiger partial charge in [0.1, 0.15) is 11.5 Å². The third kappa shape index (κ3) is 5.43. The number of furan rings is 1. The first-order valence-electron chi connectivity index (χ1n) is 11.4. The molecule has 1 aliphatic carbocycles. The minimum absolute atomic E-state index is 0.0597. The molecule has 2 N–H and O–H groups in total. The predicted octanol–water partition coefficient (Wildman–Crippen LogP) is 3.31. The maximum Gasteiger partial charge on any atom is 0.321 e. The van der Waals surface area contributed by atoms with Crippen LogP contribution in [0.4, 0.5) is 10.5 Å². The van der Waals surface area contributed by atoms with Gasteiger partial charge in [0.2, 0.25) is 5.91 Å². The molecule has 1 aromatic heterocycles. The van der Waals surface area contributed by atoms with Gasteiger partial charge in [0.05, 0.1) is 26.0 Å². The van der Waals surface area contributed by atoms with Gasteiger partial charge in [-0.2, -0.15) is 0 Å². The first kappa shape index (κ1) is 22.2. The lowest BCUT2D eigenvalue weighted by molar-refractivity contribution is -0.129. The van der Waals surface area contributed by atoms with Crippen molar-refractivity contribution in [3.8, 4) is 5.75 Å². The smallest absolute Gasteiger partial charge is 0.321 e. The normalized spacial score (nSPS) is 18.3. The van der Waals surface area contributed by atoms with Crippen LogP contribution in [0.5, 0.6) is 5.75 Å². The molecule has 1 aromatic carbocycles. The highest BCUT2D eigenvalue weighted by Crippen LogP contribution is 2.31. The number of amides is 3. The Labute approximate surface area is 188 Å². The molecule has 0 bridgehead atoms. The van der Waals surface area contributed by atoms with Crippen LogP contribution in [-0.4, -0.2) is 61.1 Å². The van der Waals surface area contributed by atoms with E-state index in [4.69, 9.17) is 9.15 Å². The Balaban J connectivity index is 1.32. The molecule has 8 nitrogen and oxygen atoms in total. The van der Waals surface area contributed by atoms with Gasteiger partial charge in [-0.15, -0.1) is 0 Å². The Morgan fingerprint density at radius 2 is 1.81 bits per heavy atom. The Morgan fingerprint density at radius 1 is 1.09 bits per heavy atom. The summed E-state index contributed by atoms with van der Waals surface area (Å²) in [5, 5.41) is 6.00. The van der Waals surface area contributed by atoms with Gasteiger partial charge in [-0.3, -0.25) is 9.69 Å². The standard InChI is InChI=1S/C24H32N4O4/c1-31-20-10-8-19(9-11-20)26-24(30)28-14-12-27(13-15-28)22(18-5-2-3-6-18)23(29)25-17-21-7-4-16-32-21/h4,7-11,16,18,22H,2-3,5-6,12-15,17H2,1H3,(H,25,29)(H,26,30)/t22-/m1/s1. The summed E-state index contributed by atoms with van der Waals surface area (Å²) < 4.78 is 10.5. The molecule has 3 amide bonds. The maximum atomic E-state index is 13.1. The summed E-state index contributed by atoms with van der Waals surface area (Å²) in [5.74, 6) is 1.93. The van der Waals surface area contributed by atoms with Crippen molar-refractivity contribution in [1.29, 1.82) is 0 Å². The second-order valence-electron chi connectivity index (χ2n) is 8.47. The molecule has 32 heavy (non-hydrogen) atoms. The maximum absolute atomic E-state index is 13.1. The Bertz CT molecular complexity index is 870. The number of nitrogens with zero attached hydrogens (tertiary/aromatic N) is 2. The van der Waals surface area contributed by atoms with Gasteiger partial charge in [0.15, 0.2) is 0 Å². The number of hydrogen-bond donors (Lipinski definition) is 2. The van der Waals surface area contributed by atoms with E-state index in [2.05, 4.69) is 15.5 Å². The molecule has 1 saturated carbocycles. The van der Waals surface area contributed by atoms with Crippen LogP contribution in [-0.2, 0) is 11.3 Å². The third-order valence-electron chi connectivity index (χ3n) is 6.47. The average molecular weight is 441 g/mol. The van der Waals surface area contributed by atoms with E-state index in [0.29, 0.717) is 38.6 Å². The molecule has 1 saturated heterocycles. The molecule has 0 radical (unpaired) electrons. The number of carbonyl (C=O) groups is 2. The number of urea groups is 1. The molecular weight excluding hydrogens is 408 g/mol. The van der Waals surface area contributed by atoms with Crippen molar-refractivity contribution in [2.75, 3.05) is 38.6 Å². The number of anilines is 1. The third-order valence-corrected chi connectivity index (χ3v) is 6.47. The number of benzene rings is 1. The van der Waals surface area contributed by atoms with Crippen molar-refractivity contribution >= 4 is 17.6 Å². The molecule has 172 valence electrons. The number of rotatable bonds is 7. The van der Waals surface area contributed by atoms with Crippen LogP contribution in [0.15, 0.2) is 47.1 Å². The van der Waals surface area contributed by atoms with Gasteiger partial charge < -0.3 is 24.7 Å². The van der Waals surface area contributed by atoms with Gasteiger partial charge in [0.25, 0.3) is 0 Å². The largest absolute Gasteiger partial charge is 0.497 e. The van der Waals surface area contributed by atoms with E-state index in [1.165, 1.54) is 12.8 Å². The predicted molar refractivity (Wildman–Crippen MR) is 121 cm³/mol. The molecule has 8 heteroatoms. The summed E-state index contributed by atoms with van der Waals surface area (Å²) in [6, 6.07) is 10.7. The second-order valence-corrected chi connectivity index (χ2v) is 8.47. The first-order valence-corrected chi connectivity index (χ1v) is 11.4. The zero-order valence-corrected chi connectivity index (χ0v) is 18.6.